The molecule has 0 bridgehead atoms. The van der Waals surface area contributed by atoms with Gasteiger partial charge in [-0.15, -0.1) is 0 Å². The van der Waals surface area contributed by atoms with Crippen molar-refractivity contribution in [2.75, 3.05) is 29.9 Å². The molecule has 0 saturated carbocycles. The summed E-state index contributed by atoms with van der Waals surface area (Å²) in [6.07, 6.45) is 1.64. The lowest BCUT2D eigenvalue weighted by Gasteiger charge is -2.33. The van der Waals surface area contributed by atoms with E-state index >= 15 is 0 Å². The van der Waals surface area contributed by atoms with Crippen LogP contribution in [0.4, 0.5) is 11.6 Å². The molecule has 0 aliphatic carbocycles. The summed E-state index contributed by atoms with van der Waals surface area (Å²) in [5, 5.41) is 0. The monoisotopic (exact) mass is 282 g/mol. The molecule has 1 amide bonds. The highest BCUT2D eigenvalue weighted by atomic mass is 16.2. The van der Waals surface area contributed by atoms with E-state index in [-0.39, 0.29) is 5.91 Å². The Morgan fingerprint density at radius 2 is 1.71 bits per heavy atom. The Labute approximate surface area is 123 Å². The van der Waals surface area contributed by atoms with Crippen LogP contribution in [-0.4, -0.2) is 36.0 Å². The normalized spacial score (nSPS) is 14.0. The van der Waals surface area contributed by atoms with Crippen molar-refractivity contribution in [3.05, 3.63) is 35.9 Å². The van der Waals surface area contributed by atoms with E-state index in [2.05, 4.69) is 9.97 Å². The first-order chi connectivity index (χ1) is 10.1. The van der Waals surface area contributed by atoms with Crippen LogP contribution in [0.5, 0.6) is 0 Å². The number of amides is 1. The molecule has 5 nitrogen and oxygen atoms in total. The summed E-state index contributed by atoms with van der Waals surface area (Å²) in [6.45, 7) is 5.21. The zero-order valence-corrected chi connectivity index (χ0v) is 12.5. The minimum Gasteiger partial charge on any atom is -0.355 e. The Morgan fingerprint density at radius 3 is 2.33 bits per heavy atom. The number of anilines is 2. The Balaban J connectivity index is 2.14. The second-order valence-corrected chi connectivity index (χ2v) is 5.49. The van der Waals surface area contributed by atoms with Gasteiger partial charge in [-0.25, -0.2) is 9.97 Å². The van der Waals surface area contributed by atoms with Gasteiger partial charge in [-0.05, 0) is 26.0 Å². The van der Waals surface area contributed by atoms with Crippen molar-refractivity contribution in [3.8, 4) is 0 Å². The molecule has 0 spiro atoms. The number of benzene rings is 1. The van der Waals surface area contributed by atoms with E-state index in [0.29, 0.717) is 12.4 Å². The van der Waals surface area contributed by atoms with Crippen molar-refractivity contribution < 1.29 is 4.79 Å². The third-order valence-electron chi connectivity index (χ3n) is 3.49. The second-order valence-electron chi connectivity index (χ2n) is 5.49. The SMILES string of the molecule is CC(C)=CC(=O)N1CCN(C)c2nc3ccccc3nc21. The summed E-state index contributed by atoms with van der Waals surface area (Å²) in [5.41, 5.74) is 2.63. The van der Waals surface area contributed by atoms with Gasteiger partial charge in [-0.3, -0.25) is 9.69 Å². The summed E-state index contributed by atoms with van der Waals surface area (Å²) in [5.74, 6) is 1.37. The van der Waals surface area contributed by atoms with Crippen molar-refractivity contribution in [1.29, 1.82) is 0 Å². The molecule has 108 valence electrons. The minimum absolute atomic E-state index is 0.0334. The van der Waals surface area contributed by atoms with Gasteiger partial charge in [0, 0.05) is 26.2 Å². The topological polar surface area (TPSA) is 49.3 Å². The number of hydrogen-bond donors (Lipinski definition) is 0. The molecule has 1 aromatic carbocycles. The molecule has 0 radical (unpaired) electrons. The van der Waals surface area contributed by atoms with Crippen LogP contribution in [0.1, 0.15) is 13.8 Å². The summed E-state index contributed by atoms with van der Waals surface area (Å²) in [7, 11) is 1.98. The van der Waals surface area contributed by atoms with Gasteiger partial charge in [-0.2, -0.15) is 0 Å². The molecule has 1 aliphatic rings. The van der Waals surface area contributed by atoms with Crippen LogP contribution in [0.25, 0.3) is 11.0 Å². The fourth-order valence-electron chi connectivity index (χ4n) is 2.42. The van der Waals surface area contributed by atoms with Crippen LogP contribution in [0.15, 0.2) is 35.9 Å². The number of allylic oxidation sites excluding steroid dienone is 1. The van der Waals surface area contributed by atoms with Gasteiger partial charge in [0.25, 0.3) is 5.91 Å². The predicted octanol–water partition coefficient (Wildman–Crippen LogP) is 2.38. The van der Waals surface area contributed by atoms with Crippen LogP contribution in [-0.2, 0) is 4.79 Å². The number of likely N-dealkylation sites (N-methyl/N-ethyl adjacent to an activating group) is 1. The highest BCUT2D eigenvalue weighted by molar-refractivity contribution is 6.04. The fourth-order valence-corrected chi connectivity index (χ4v) is 2.42. The number of carbonyl (C=O) groups is 1. The Morgan fingerprint density at radius 1 is 1.10 bits per heavy atom. The average Bonchev–Trinajstić information content (AvgIpc) is 2.45. The van der Waals surface area contributed by atoms with Crippen molar-refractivity contribution in [3.63, 3.8) is 0 Å². The van der Waals surface area contributed by atoms with Crippen LogP contribution in [0.2, 0.25) is 0 Å². The number of aromatic nitrogens is 2. The van der Waals surface area contributed by atoms with Crippen LogP contribution in [0, 0.1) is 0 Å². The lowest BCUT2D eigenvalue weighted by atomic mass is 10.2. The molecule has 1 aromatic heterocycles. The molecular formula is C16H18N4O. The molecule has 0 saturated heterocycles. The molecule has 0 atom stereocenters. The number of para-hydroxylation sites is 2. The van der Waals surface area contributed by atoms with E-state index in [0.717, 1.165) is 29.0 Å². The Kier molecular flexibility index (Phi) is 3.33. The maximum Gasteiger partial charge on any atom is 0.252 e. The number of nitrogens with zero attached hydrogens (tertiary/aromatic N) is 4. The molecule has 21 heavy (non-hydrogen) atoms. The number of rotatable bonds is 1. The molecule has 0 unspecified atom stereocenters. The molecule has 2 aromatic rings. The fraction of sp³-hybridized carbons (Fsp3) is 0.312. The molecule has 5 heteroatoms. The number of carbonyl (C=O) groups excluding carboxylic acids is 1. The summed E-state index contributed by atoms with van der Waals surface area (Å²) in [4.78, 5) is 25.4. The highest BCUT2D eigenvalue weighted by Gasteiger charge is 2.27. The van der Waals surface area contributed by atoms with E-state index in [1.807, 2.05) is 50.1 Å². The third kappa shape index (κ3) is 2.46. The number of fused-ring (bicyclic) bond motifs is 2. The highest BCUT2D eigenvalue weighted by Crippen LogP contribution is 2.30. The Hall–Kier alpha value is -2.43. The van der Waals surface area contributed by atoms with E-state index in [9.17, 15) is 4.79 Å². The van der Waals surface area contributed by atoms with E-state index in [1.54, 1.807) is 11.0 Å². The van der Waals surface area contributed by atoms with Gasteiger partial charge in [0.05, 0.1) is 11.0 Å². The lowest BCUT2D eigenvalue weighted by Crippen LogP contribution is -2.43. The van der Waals surface area contributed by atoms with Crippen LogP contribution in [0.3, 0.4) is 0 Å². The first-order valence-corrected chi connectivity index (χ1v) is 7.00. The molecule has 2 heterocycles. The first-order valence-electron chi connectivity index (χ1n) is 7.00. The maximum absolute atomic E-state index is 12.4. The van der Waals surface area contributed by atoms with Gasteiger partial charge in [-0.1, -0.05) is 17.7 Å². The maximum atomic E-state index is 12.4. The van der Waals surface area contributed by atoms with Crippen LogP contribution < -0.4 is 9.80 Å². The molecule has 3 rings (SSSR count). The lowest BCUT2D eigenvalue weighted by molar-refractivity contribution is -0.114. The molecular weight excluding hydrogens is 264 g/mol. The summed E-state index contributed by atoms with van der Waals surface area (Å²) < 4.78 is 0. The smallest absolute Gasteiger partial charge is 0.252 e. The Bertz CT molecular complexity index is 734. The zero-order chi connectivity index (χ0) is 15.0. The first kappa shape index (κ1) is 13.5. The van der Waals surface area contributed by atoms with Gasteiger partial charge < -0.3 is 4.90 Å². The zero-order valence-electron chi connectivity index (χ0n) is 12.5. The number of hydrogen-bond acceptors (Lipinski definition) is 4. The molecule has 0 N–H and O–H groups in total. The standard InChI is InChI=1S/C16H18N4O/c1-11(2)10-14(21)20-9-8-19(3)15-16(20)18-13-7-5-4-6-12(13)17-15/h4-7,10H,8-9H2,1-3H3. The summed E-state index contributed by atoms with van der Waals surface area (Å²) >= 11 is 0. The van der Waals surface area contributed by atoms with Crippen molar-refractivity contribution in [2.24, 2.45) is 0 Å². The second kappa shape index (κ2) is 5.16. The van der Waals surface area contributed by atoms with Crippen molar-refractivity contribution in [2.45, 2.75) is 13.8 Å². The minimum atomic E-state index is -0.0334. The van der Waals surface area contributed by atoms with Gasteiger partial charge >= 0.3 is 0 Å². The van der Waals surface area contributed by atoms with Crippen LogP contribution >= 0.6 is 0 Å². The van der Waals surface area contributed by atoms with E-state index in [4.69, 9.17) is 0 Å². The third-order valence-corrected chi connectivity index (χ3v) is 3.49. The van der Waals surface area contributed by atoms with E-state index in [1.165, 1.54) is 0 Å². The van der Waals surface area contributed by atoms with Crippen molar-refractivity contribution in [1.82, 2.24) is 9.97 Å². The molecule has 1 aliphatic heterocycles. The van der Waals surface area contributed by atoms with Crippen molar-refractivity contribution >= 4 is 28.6 Å². The summed E-state index contributed by atoms with van der Waals surface area (Å²) in [6, 6.07) is 7.73. The largest absolute Gasteiger partial charge is 0.355 e. The average molecular weight is 282 g/mol. The van der Waals surface area contributed by atoms with E-state index < -0.39 is 0 Å². The quantitative estimate of drug-likeness (QED) is 0.754. The van der Waals surface area contributed by atoms with Gasteiger partial charge in [0.15, 0.2) is 11.6 Å². The molecule has 0 fully saturated rings. The van der Waals surface area contributed by atoms with Gasteiger partial charge in [0.2, 0.25) is 0 Å². The van der Waals surface area contributed by atoms with Gasteiger partial charge in [0.1, 0.15) is 0 Å². The predicted molar refractivity (Wildman–Crippen MR) is 84.6 cm³/mol.